The van der Waals surface area contributed by atoms with E-state index in [0.29, 0.717) is 30.8 Å². The van der Waals surface area contributed by atoms with Crippen molar-refractivity contribution in [2.24, 2.45) is 11.8 Å². The van der Waals surface area contributed by atoms with Crippen LogP contribution in [0.3, 0.4) is 0 Å². The van der Waals surface area contributed by atoms with Gasteiger partial charge in [0.05, 0.1) is 17.7 Å². The van der Waals surface area contributed by atoms with Crippen molar-refractivity contribution in [2.45, 2.75) is 19.9 Å². The second kappa shape index (κ2) is 7.12. The summed E-state index contributed by atoms with van der Waals surface area (Å²) < 4.78 is 0. The molecule has 2 saturated heterocycles. The number of hydrogen-bond acceptors (Lipinski definition) is 3. The van der Waals surface area contributed by atoms with Crippen LogP contribution in [0.15, 0.2) is 48.5 Å². The molecule has 2 aliphatic rings. The summed E-state index contributed by atoms with van der Waals surface area (Å²) in [5.74, 6) is 0.618. The highest BCUT2D eigenvalue weighted by Crippen LogP contribution is 2.46. The van der Waals surface area contributed by atoms with E-state index in [9.17, 15) is 9.59 Å². The van der Waals surface area contributed by atoms with Crippen LogP contribution in [0.2, 0.25) is 0 Å². The summed E-state index contributed by atoms with van der Waals surface area (Å²) in [7, 11) is 0. The summed E-state index contributed by atoms with van der Waals surface area (Å²) in [5, 5.41) is 8.94. The summed E-state index contributed by atoms with van der Waals surface area (Å²) in [6, 6.07) is 17.1. The molecule has 0 saturated carbocycles. The first kappa shape index (κ1) is 18.2. The molecule has 5 heteroatoms. The van der Waals surface area contributed by atoms with Crippen LogP contribution >= 0.6 is 0 Å². The van der Waals surface area contributed by atoms with Crippen molar-refractivity contribution in [2.75, 3.05) is 19.6 Å². The topological polar surface area (TPSA) is 64.4 Å². The predicted octanol–water partition coefficient (Wildman–Crippen LogP) is 3.16. The van der Waals surface area contributed by atoms with Gasteiger partial charge in [-0.1, -0.05) is 24.3 Å². The van der Waals surface area contributed by atoms with Crippen molar-refractivity contribution in [3.05, 3.63) is 70.8 Å². The van der Waals surface area contributed by atoms with Crippen LogP contribution in [0.1, 0.15) is 40.0 Å². The van der Waals surface area contributed by atoms with Crippen molar-refractivity contribution < 1.29 is 9.59 Å². The van der Waals surface area contributed by atoms with Gasteiger partial charge < -0.3 is 9.80 Å². The minimum Gasteiger partial charge on any atom is -0.338 e. The fraction of sp³-hybridized carbons (Fsp3) is 0.348. The third kappa shape index (κ3) is 3.05. The number of benzene rings is 2. The summed E-state index contributed by atoms with van der Waals surface area (Å²) >= 11 is 0. The van der Waals surface area contributed by atoms with Gasteiger partial charge in [-0.2, -0.15) is 5.26 Å². The Labute approximate surface area is 165 Å². The molecule has 0 unspecified atom stereocenters. The summed E-state index contributed by atoms with van der Waals surface area (Å²) in [6.07, 6.45) is 0. The molecule has 2 fully saturated rings. The molecule has 2 aromatic carbocycles. The molecule has 2 heterocycles. The van der Waals surface area contributed by atoms with Crippen molar-refractivity contribution in [1.29, 1.82) is 5.26 Å². The lowest BCUT2D eigenvalue weighted by Gasteiger charge is -2.30. The van der Waals surface area contributed by atoms with Gasteiger partial charge >= 0.3 is 0 Å². The number of rotatable bonds is 2. The normalized spacial score (nSPS) is 23.4. The van der Waals surface area contributed by atoms with Crippen LogP contribution in [0.5, 0.6) is 0 Å². The number of carbonyl (C=O) groups excluding carboxylic acids is 2. The molecule has 28 heavy (non-hydrogen) atoms. The maximum Gasteiger partial charge on any atom is 0.253 e. The smallest absolute Gasteiger partial charge is 0.253 e. The number of nitriles is 1. The Morgan fingerprint density at radius 1 is 1.04 bits per heavy atom. The maximum atomic E-state index is 13.0. The van der Waals surface area contributed by atoms with Crippen molar-refractivity contribution >= 4 is 11.8 Å². The van der Waals surface area contributed by atoms with Gasteiger partial charge in [0.1, 0.15) is 0 Å². The quantitative estimate of drug-likeness (QED) is 0.812. The molecule has 0 bridgehead atoms. The van der Waals surface area contributed by atoms with E-state index in [1.54, 1.807) is 31.2 Å². The second-order valence-electron chi connectivity index (χ2n) is 7.80. The van der Waals surface area contributed by atoms with E-state index in [1.165, 1.54) is 11.1 Å². The number of nitrogens with zero attached hydrogens (tertiary/aromatic N) is 3. The Morgan fingerprint density at radius 2 is 1.75 bits per heavy atom. The molecule has 0 aromatic heterocycles. The molecule has 3 atom stereocenters. The minimum absolute atomic E-state index is 0.00296. The Hall–Kier alpha value is -3.13. The first-order chi connectivity index (χ1) is 13.5. The van der Waals surface area contributed by atoms with E-state index in [0.717, 1.165) is 0 Å². The Kier molecular flexibility index (Phi) is 4.64. The molecule has 5 nitrogen and oxygen atoms in total. The zero-order chi connectivity index (χ0) is 19.8. The van der Waals surface area contributed by atoms with Crippen LogP contribution in [0, 0.1) is 30.1 Å². The number of amides is 2. The number of hydrogen-bond donors (Lipinski definition) is 0. The monoisotopic (exact) mass is 373 g/mol. The number of carbonyl (C=O) groups is 2. The third-order valence-corrected chi connectivity index (χ3v) is 6.12. The van der Waals surface area contributed by atoms with Gasteiger partial charge in [0.2, 0.25) is 5.91 Å². The highest BCUT2D eigenvalue weighted by molar-refractivity contribution is 5.94. The molecule has 142 valence electrons. The lowest BCUT2D eigenvalue weighted by molar-refractivity contribution is -0.130. The van der Waals surface area contributed by atoms with Crippen LogP contribution in [0.25, 0.3) is 0 Å². The molecule has 0 aliphatic carbocycles. The van der Waals surface area contributed by atoms with Gasteiger partial charge in [0.15, 0.2) is 0 Å². The fourth-order valence-electron chi connectivity index (χ4n) is 4.72. The van der Waals surface area contributed by atoms with Crippen LogP contribution < -0.4 is 0 Å². The molecule has 2 aliphatic heterocycles. The van der Waals surface area contributed by atoms with E-state index in [2.05, 4.69) is 25.1 Å². The van der Waals surface area contributed by atoms with Gasteiger partial charge in [-0.05, 0) is 42.3 Å². The molecule has 0 spiro atoms. The lowest BCUT2D eigenvalue weighted by Crippen LogP contribution is -2.36. The highest BCUT2D eigenvalue weighted by atomic mass is 16.2. The van der Waals surface area contributed by atoms with Gasteiger partial charge in [0, 0.05) is 44.0 Å². The van der Waals surface area contributed by atoms with E-state index >= 15 is 0 Å². The van der Waals surface area contributed by atoms with Crippen molar-refractivity contribution in [3.8, 4) is 6.07 Å². The maximum absolute atomic E-state index is 13.0. The third-order valence-electron chi connectivity index (χ3n) is 6.12. The molecule has 2 aromatic rings. The minimum atomic E-state index is -0.00296. The van der Waals surface area contributed by atoms with Crippen LogP contribution in [-0.4, -0.2) is 41.2 Å². The summed E-state index contributed by atoms with van der Waals surface area (Å²) in [5.41, 5.74) is 3.51. The lowest BCUT2D eigenvalue weighted by atomic mass is 9.87. The SMILES string of the molecule is CC(=O)N1C[C@H]2CN(C(=O)c3ccc(C#N)cc3)C[C@H]2[C@H]1c1ccccc1C. The Bertz CT molecular complexity index is 961. The van der Waals surface area contributed by atoms with Gasteiger partial charge in [-0.25, -0.2) is 0 Å². The molecular formula is C23H23N3O2. The molecule has 0 radical (unpaired) electrons. The summed E-state index contributed by atoms with van der Waals surface area (Å²) in [6.45, 7) is 5.71. The predicted molar refractivity (Wildman–Crippen MR) is 105 cm³/mol. The number of aryl methyl sites for hydroxylation is 1. The number of likely N-dealkylation sites (tertiary alicyclic amines) is 2. The van der Waals surface area contributed by atoms with Crippen molar-refractivity contribution in [3.63, 3.8) is 0 Å². The zero-order valence-electron chi connectivity index (χ0n) is 16.1. The van der Waals surface area contributed by atoms with E-state index < -0.39 is 0 Å². The van der Waals surface area contributed by atoms with Crippen LogP contribution in [-0.2, 0) is 4.79 Å². The Morgan fingerprint density at radius 3 is 2.39 bits per heavy atom. The average molecular weight is 373 g/mol. The number of fused-ring (bicyclic) bond motifs is 1. The van der Waals surface area contributed by atoms with Crippen molar-refractivity contribution in [1.82, 2.24) is 9.80 Å². The average Bonchev–Trinajstić information content (AvgIpc) is 3.26. The van der Waals surface area contributed by atoms with Gasteiger partial charge in [-0.15, -0.1) is 0 Å². The standard InChI is InChI=1S/C23H23N3O2/c1-15-5-3-4-6-20(15)22-21-14-25(12-19(21)13-26(22)16(2)27)23(28)18-9-7-17(11-24)8-10-18/h3-10,19,21-22H,12-14H2,1-2H3/t19-,21-,22-/m1/s1. The first-order valence-corrected chi connectivity index (χ1v) is 9.61. The Balaban J connectivity index is 1.59. The molecule has 0 N–H and O–H groups in total. The van der Waals surface area contributed by atoms with Gasteiger partial charge in [0.25, 0.3) is 5.91 Å². The van der Waals surface area contributed by atoms with Crippen LogP contribution in [0.4, 0.5) is 0 Å². The van der Waals surface area contributed by atoms with E-state index in [1.807, 2.05) is 21.9 Å². The zero-order valence-corrected chi connectivity index (χ0v) is 16.1. The van der Waals surface area contributed by atoms with Gasteiger partial charge in [-0.3, -0.25) is 9.59 Å². The first-order valence-electron chi connectivity index (χ1n) is 9.61. The van der Waals surface area contributed by atoms with E-state index in [4.69, 9.17) is 5.26 Å². The molecular weight excluding hydrogens is 350 g/mol. The second-order valence-corrected chi connectivity index (χ2v) is 7.80. The summed E-state index contributed by atoms with van der Waals surface area (Å²) in [4.78, 5) is 29.1. The molecule has 4 rings (SSSR count). The fourth-order valence-corrected chi connectivity index (χ4v) is 4.72. The van der Waals surface area contributed by atoms with E-state index in [-0.39, 0.29) is 29.7 Å². The largest absolute Gasteiger partial charge is 0.338 e. The molecule has 2 amide bonds. The highest BCUT2D eigenvalue weighted by Gasteiger charge is 2.49.